The van der Waals surface area contributed by atoms with E-state index in [-0.39, 0.29) is 12.3 Å². The molecule has 4 nitrogen and oxygen atoms in total. The summed E-state index contributed by atoms with van der Waals surface area (Å²) >= 11 is 0. The number of hydrogen-bond donors (Lipinski definition) is 1. The van der Waals surface area contributed by atoms with Crippen molar-refractivity contribution in [3.63, 3.8) is 0 Å². The Morgan fingerprint density at radius 3 is 2.38 bits per heavy atom. The lowest BCUT2D eigenvalue weighted by atomic mass is 10.1. The molecular weight excluding hydrogens is 379 g/mol. The molecule has 1 atom stereocenters. The number of aromatic nitrogens is 1. The van der Waals surface area contributed by atoms with Crippen LogP contribution in [0.4, 0.5) is 5.69 Å². The van der Waals surface area contributed by atoms with E-state index >= 15 is 0 Å². The van der Waals surface area contributed by atoms with Gasteiger partial charge in [0.2, 0.25) is 5.91 Å². The van der Waals surface area contributed by atoms with E-state index in [0.717, 1.165) is 39.0 Å². The van der Waals surface area contributed by atoms with Crippen LogP contribution in [-0.2, 0) is 11.2 Å². The summed E-state index contributed by atoms with van der Waals surface area (Å²) in [6, 6.07) is 23.2. The van der Waals surface area contributed by atoms with Gasteiger partial charge in [-0.3, -0.25) is 9.78 Å². The Balaban J connectivity index is 1.42. The fourth-order valence-electron chi connectivity index (χ4n) is 3.11. The van der Waals surface area contributed by atoms with Gasteiger partial charge in [0, 0.05) is 11.6 Å². The summed E-state index contributed by atoms with van der Waals surface area (Å²) in [5.41, 5.74) is 3.75. The Labute approximate surface area is 172 Å². The van der Waals surface area contributed by atoms with Gasteiger partial charge in [-0.2, -0.15) is 0 Å². The van der Waals surface area contributed by atoms with E-state index in [1.165, 1.54) is 5.56 Å². The number of nitrogens with zero attached hydrogens (tertiary/aromatic N) is 1. The van der Waals surface area contributed by atoms with Crippen molar-refractivity contribution in [3.05, 3.63) is 90.1 Å². The molecule has 0 aliphatic heterocycles. The lowest BCUT2D eigenvalue weighted by Crippen LogP contribution is -2.15. The third-order valence-corrected chi connectivity index (χ3v) is 5.09. The first-order valence-electron chi connectivity index (χ1n) is 9.35. The Hall–Kier alpha value is -3.23. The van der Waals surface area contributed by atoms with Gasteiger partial charge < -0.3 is 10.1 Å². The van der Waals surface area contributed by atoms with Gasteiger partial charge in [-0.05, 0) is 48.1 Å². The number of aryl methyl sites for hydroxylation is 1. The monoisotopic (exact) mass is 400 g/mol. The zero-order valence-corrected chi connectivity index (χ0v) is 17.2. The second kappa shape index (κ2) is 8.42. The van der Waals surface area contributed by atoms with Crippen LogP contribution in [0.1, 0.15) is 11.1 Å². The number of pyridine rings is 1. The highest BCUT2D eigenvalue weighted by Gasteiger charge is 2.09. The second-order valence-corrected chi connectivity index (χ2v) is 7.51. The van der Waals surface area contributed by atoms with Crippen molar-refractivity contribution in [1.82, 2.24) is 4.98 Å². The Bertz CT molecular complexity index is 1160. The molecule has 0 saturated carbocycles. The van der Waals surface area contributed by atoms with Gasteiger partial charge >= 0.3 is 0 Å². The summed E-state index contributed by atoms with van der Waals surface area (Å²) in [7, 11) is 2.67. The van der Waals surface area contributed by atoms with Gasteiger partial charge in [0.25, 0.3) is 0 Å². The number of ether oxygens (including phenoxy) is 1. The molecule has 0 saturated heterocycles. The standard InChI is InChI=1S/C24H21N2O2P/c1-16-5-9-18(10-6-16)28-19-11-7-17(8-12-19)15-23(27)26-21-13-14-25-24-20(21)3-2-4-22(24)29/h2-14H,15,29H2,1H3,(H,25,26,27). The molecule has 1 unspecified atom stereocenters. The number of anilines is 1. The second-order valence-electron chi connectivity index (χ2n) is 6.89. The summed E-state index contributed by atoms with van der Waals surface area (Å²) in [6.45, 7) is 2.04. The lowest BCUT2D eigenvalue weighted by Gasteiger charge is -2.10. The first-order chi connectivity index (χ1) is 14.1. The van der Waals surface area contributed by atoms with Crippen molar-refractivity contribution in [2.75, 3.05) is 5.32 Å². The smallest absolute Gasteiger partial charge is 0.228 e. The number of amides is 1. The zero-order chi connectivity index (χ0) is 20.2. The number of carbonyl (C=O) groups is 1. The fraction of sp³-hybridized carbons (Fsp3) is 0.0833. The Morgan fingerprint density at radius 2 is 1.66 bits per heavy atom. The third-order valence-electron chi connectivity index (χ3n) is 4.62. The molecule has 1 N–H and O–H groups in total. The molecule has 4 rings (SSSR count). The van der Waals surface area contributed by atoms with Crippen molar-refractivity contribution in [2.24, 2.45) is 0 Å². The molecule has 1 amide bonds. The highest BCUT2D eigenvalue weighted by atomic mass is 31.0. The molecule has 4 aromatic rings. The maximum Gasteiger partial charge on any atom is 0.228 e. The molecule has 0 bridgehead atoms. The highest BCUT2D eigenvalue weighted by Crippen LogP contribution is 2.23. The molecule has 144 valence electrons. The van der Waals surface area contributed by atoms with E-state index in [0.29, 0.717) is 0 Å². The molecule has 29 heavy (non-hydrogen) atoms. The Morgan fingerprint density at radius 1 is 0.966 bits per heavy atom. The summed E-state index contributed by atoms with van der Waals surface area (Å²) in [5, 5.41) is 4.93. The number of nitrogens with one attached hydrogen (secondary N) is 1. The van der Waals surface area contributed by atoms with E-state index in [2.05, 4.69) is 19.5 Å². The largest absolute Gasteiger partial charge is 0.457 e. The summed E-state index contributed by atoms with van der Waals surface area (Å²) in [4.78, 5) is 16.9. The SMILES string of the molecule is Cc1ccc(Oc2ccc(CC(=O)Nc3ccnc4c(P)cccc34)cc2)cc1. The zero-order valence-electron chi connectivity index (χ0n) is 16.1. The normalized spacial score (nSPS) is 10.7. The fourth-order valence-corrected chi connectivity index (χ4v) is 3.45. The van der Waals surface area contributed by atoms with E-state index in [1.807, 2.05) is 79.7 Å². The first kappa shape index (κ1) is 19.1. The van der Waals surface area contributed by atoms with E-state index in [4.69, 9.17) is 4.74 Å². The number of rotatable bonds is 5. The predicted molar refractivity (Wildman–Crippen MR) is 121 cm³/mol. The van der Waals surface area contributed by atoms with Crippen molar-refractivity contribution >= 4 is 37.0 Å². The summed E-state index contributed by atoms with van der Waals surface area (Å²) in [5.74, 6) is 1.46. The average Bonchev–Trinajstić information content (AvgIpc) is 2.72. The number of fused-ring (bicyclic) bond motifs is 1. The number of carbonyl (C=O) groups excluding carboxylic acids is 1. The van der Waals surface area contributed by atoms with Crippen molar-refractivity contribution in [1.29, 1.82) is 0 Å². The van der Waals surface area contributed by atoms with Gasteiger partial charge in [-0.25, -0.2) is 0 Å². The molecule has 0 fully saturated rings. The van der Waals surface area contributed by atoms with Crippen molar-refractivity contribution in [2.45, 2.75) is 13.3 Å². The van der Waals surface area contributed by atoms with E-state index in [1.54, 1.807) is 6.20 Å². The van der Waals surface area contributed by atoms with Crippen LogP contribution in [0.25, 0.3) is 10.9 Å². The van der Waals surface area contributed by atoms with Crippen LogP contribution < -0.4 is 15.4 Å². The molecule has 0 aliphatic carbocycles. The number of hydrogen-bond acceptors (Lipinski definition) is 3. The lowest BCUT2D eigenvalue weighted by molar-refractivity contribution is -0.115. The summed E-state index contributed by atoms with van der Waals surface area (Å²) in [6.07, 6.45) is 2.00. The number of para-hydroxylation sites is 1. The minimum atomic E-state index is -0.0705. The van der Waals surface area contributed by atoms with Crippen LogP contribution in [0, 0.1) is 6.92 Å². The molecule has 1 heterocycles. The van der Waals surface area contributed by atoms with E-state index < -0.39 is 0 Å². The molecule has 0 spiro atoms. The van der Waals surface area contributed by atoms with Crippen LogP contribution in [0.15, 0.2) is 79.0 Å². The van der Waals surface area contributed by atoms with Crippen LogP contribution in [0.5, 0.6) is 11.5 Å². The van der Waals surface area contributed by atoms with Crippen LogP contribution in [0.3, 0.4) is 0 Å². The maximum atomic E-state index is 12.6. The van der Waals surface area contributed by atoms with Crippen LogP contribution in [0.2, 0.25) is 0 Å². The molecule has 3 aromatic carbocycles. The number of benzene rings is 3. The van der Waals surface area contributed by atoms with Crippen molar-refractivity contribution < 1.29 is 9.53 Å². The van der Waals surface area contributed by atoms with Gasteiger partial charge in [0.15, 0.2) is 0 Å². The Kier molecular flexibility index (Phi) is 5.55. The molecule has 1 aromatic heterocycles. The van der Waals surface area contributed by atoms with Crippen LogP contribution >= 0.6 is 9.24 Å². The van der Waals surface area contributed by atoms with Gasteiger partial charge in [-0.15, -0.1) is 9.24 Å². The van der Waals surface area contributed by atoms with Crippen LogP contribution in [-0.4, -0.2) is 10.9 Å². The van der Waals surface area contributed by atoms with E-state index in [9.17, 15) is 4.79 Å². The van der Waals surface area contributed by atoms with Gasteiger partial charge in [0.1, 0.15) is 11.5 Å². The maximum absolute atomic E-state index is 12.6. The molecule has 0 aliphatic rings. The topological polar surface area (TPSA) is 51.2 Å². The average molecular weight is 400 g/mol. The third kappa shape index (κ3) is 4.61. The minimum Gasteiger partial charge on any atom is -0.457 e. The minimum absolute atomic E-state index is 0.0705. The quantitative estimate of drug-likeness (QED) is 0.479. The van der Waals surface area contributed by atoms with Crippen molar-refractivity contribution in [3.8, 4) is 11.5 Å². The predicted octanol–water partition coefficient (Wildman–Crippen LogP) is 5.02. The summed E-state index contributed by atoms with van der Waals surface area (Å²) < 4.78 is 5.84. The molecule has 0 radical (unpaired) electrons. The molecule has 5 heteroatoms. The first-order valence-corrected chi connectivity index (χ1v) is 9.93. The van der Waals surface area contributed by atoms with Gasteiger partial charge in [0.05, 0.1) is 17.6 Å². The highest BCUT2D eigenvalue weighted by molar-refractivity contribution is 7.28. The molecular formula is C24H21N2O2P. The van der Waals surface area contributed by atoms with Gasteiger partial charge in [-0.1, -0.05) is 48.0 Å².